The highest BCUT2D eigenvalue weighted by Gasteiger charge is 2.51. The average Bonchev–Trinajstić information content (AvgIpc) is 3.30. The van der Waals surface area contributed by atoms with E-state index in [-0.39, 0.29) is 12.2 Å². The fraction of sp³-hybridized carbons (Fsp3) is 0.241. The SMILES string of the molecule is CC1(C(=O)O)CCC(c2ccccc2)N1C(=O)CNC(=O)Nc1cccc(C(=O)OCc2ccccc2)c1. The summed E-state index contributed by atoms with van der Waals surface area (Å²) in [6.45, 7) is 1.26. The number of carbonyl (C=O) groups is 4. The fourth-order valence-electron chi connectivity index (χ4n) is 4.61. The highest BCUT2D eigenvalue weighted by molar-refractivity contribution is 5.96. The van der Waals surface area contributed by atoms with Gasteiger partial charge in [0.2, 0.25) is 5.91 Å². The van der Waals surface area contributed by atoms with Crippen molar-refractivity contribution in [3.8, 4) is 0 Å². The van der Waals surface area contributed by atoms with Gasteiger partial charge in [-0.1, -0.05) is 66.7 Å². The second-order valence-corrected chi connectivity index (χ2v) is 9.26. The highest BCUT2D eigenvalue weighted by Crippen LogP contribution is 2.42. The molecule has 0 saturated carbocycles. The maximum Gasteiger partial charge on any atom is 0.338 e. The summed E-state index contributed by atoms with van der Waals surface area (Å²) < 4.78 is 5.33. The maximum absolute atomic E-state index is 13.2. The molecule has 1 fully saturated rings. The van der Waals surface area contributed by atoms with E-state index in [0.717, 1.165) is 11.1 Å². The summed E-state index contributed by atoms with van der Waals surface area (Å²) in [6, 6.07) is 23.7. The third-order valence-corrected chi connectivity index (χ3v) is 6.63. The van der Waals surface area contributed by atoms with Crippen LogP contribution in [0.2, 0.25) is 0 Å². The predicted molar refractivity (Wildman–Crippen MR) is 140 cm³/mol. The summed E-state index contributed by atoms with van der Waals surface area (Å²) in [7, 11) is 0. The second kappa shape index (κ2) is 11.6. The topological polar surface area (TPSA) is 125 Å². The van der Waals surface area contributed by atoms with Gasteiger partial charge in [-0.05, 0) is 49.1 Å². The first-order chi connectivity index (χ1) is 18.3. The summed E-state index contributed by atoms with van der Waals surface area (Å²) in [5.41, 5.74) is 0.902. The number of urea groups is 1. The van der Waals surface area contributed by atoms with E-state index in [4.69, 9.17) is 4.74 Å². The van der Waals surface area contributed by atoms with Crippen LogP contribution in [0.15, 0.2) is 84.9 Å². The summed E-state index contributed by atoms with van der Waals surface area (Å²) in [5, 5.41) is 15.0. The minimum atomic E-state index is -1.38. The molecule has 0 aliphatic carbocycles. The Morgan fingerprint density at radius 3 is 2.34 bits per heavy atom. The van der Waals surface area contributed by atoms with Crippen LogP contribution in [0, 0.1) is 0 Å². The molecule has 1 aliphatic heterocycles. The zero-order valence-corrected chi connectivity index (χ0v) is 20.9. The number of hydrogen-bond donors (Lipinski definition) is 3. The molecule has 0 radical (unpaired) electrons. The third kappa shape index (κ3) is 6.00. The number of amides is 3. The molecule has 0 aromatic heterocycles. The zero-order valence-electron chi connectivity index (χ0n) is 20.9. The van der Waals surface area contributed by atoms with Crippen molar-refractivity contribution in [2.24, 2.45) is 0 Å². The van der Waals surface area contributed by atoms with Gasteiger partial charge in [-0.25, -0.2) is 14.4 Å². The lowest BCUT2D eigenvalue weighted by Gasteiger charge is -2.35. The van der Waals surface area contributed by atoms with Crippen LogP contribution in [0.5, 0.6) is 0 Å². The van der Waals surface area contributed by atoms with E-state index in [1.54, 1.807) is 18.2 Å². The van der Waals surface area contributed by atoms with E-state index >= 15 is 0 Å². The highest BCUT2D eigenvalue weighted by atomic mass is 16.5. The van der Waals surface area contributed by atoms with E-state index in [2.05, 4.69) is 10.6 Å². The van der Waals surface area contributed by atoms with Crippen molar-refractivity contribution in [3.63, 3.8) is 0 Å². The lowest BCUT2D eigenvalue weighted by molar-refractivity contribution is -0.156. The molecule has 2 unspecified atom stereocenters. The largest absolute Gasteiger partial charge is 0.480 e. The number of benzene rings is 3. The molecule has 1 aliphatic rings. The second-order valence-electron chi connectivity index (χ2n) is 9.26. The number of carbonyl (C=O) groups excluding carboxylic acids is 3. The predicted octanol–water partition coefficient (Wildman–Crippen LogP) is 4.37. The van der Waals surface area contributed by atoms with Gasteiger partial charge in [0.1, 0.15) is 12.1 Å². The van der Waals surface area contributed by atoms with Crippen LogP contribution in [-0.4, -0.2) is 46.0 Å². The van der Waals surface area contributed by atoms with Crippen LogP contribution in [0.3, 0.4) is 0 Å². The number of nitrogens with zero attached hydrogens (tertiary/aromatic N) is 1. The first-order valence-electron chi connectivity index (χ1n) is 12.2. The normalized spacial score (nSPS) is 18.4. The minimum Gasteiger partial charge on any atom is -0.480 e. The zero-order chi connectivity index (χ0) is 27.1. The molecule has 9 heteroatoms. The van der Waals surface area contributed by atoms with Crippen molar-refractivity contribution in [1.82, 2.24) is 10.2 Å². The molecule has 196 valence electrons. The monoisotopic (exact) mass is 515 g/mol. The molecule has 0 bridgehead atoms. The number of aliphatic carboxylic acids is 1. The van der Waals surface area contributed by atoms with Gasteiger partial charge in [-0.2, -0.15) is 0 Å². The summed E-state index contributed by atoms with van der Waals surface area (Å²) in [6.07, 6.45) is 0.797. The lowest BCUT2D eigenvalue weighted by atomic mass is 9.99. The Labute approximate surface area is 220 Å². The standard InChI is InChI=1S/C29H29N3O6/c1-29(27(35)36)16-15-24(21-11-6-3-7-12-21)32(29)25(33)18-30-28(37)31-23-14-8-13-22(17-23)26(34)38-19-20-9-4-2-5-10-20/h2-14,17,24H,15-16,18-19H2,1H3,(H,35,36)(H2,30,31,37). The Bertz CT molecular complexity index is 1310. The molecule has 38 heavy (non-hydrogen) atoms. The lowest BCUT2D eigenvalue weighted by Crippen LogP contribution is -2.54. The van der Waals surface area contributed by atoms with Gasteiger partial charge >= 0.3 is 18.0 Å². The van der Waals surface area contributed by atoms with Crippen molar-refractivity contribution in [1.29, 1.82) is 0 Å². The number of likely N-dealkylation sites (tertiary alicyclic amines) is 1. The van der Waals surface area contributed by atoms with Crippen molar-refractivity contribution in [2.45, 2.75) is 38.0 Å². The molecular formula is C29H29N3O6. The van der Waals surface area contributed by atoms with Gasteiger partial charge in [0.05, 0.1) is 18.2 Å². The first kappa shape index (κ1) is 26.4. The number of hydrogen-bond acceptors (Lipinski definition) is 5. The van der Waals surface area contributed by atoms with Gasteiger partial charge in [-0.15, -0.1) is 0 Å². The Kier molecular flexibility index (Phi) is 8.06. The van der Waals surface area contributed by atoms with Crippen LogP contribution in [-0.2, 0) is 20.9 Å². The smallest absolute Gasteiger partial charge is 0.338 e. The number of rotatable bonds is 8. The van der Waals surface area contributed by atoms with E-state index < -0.39 is 42.0 Å². The van der Waals surface area contributed by atoms with Crippen LogP contribution in [0.4, 0.5) is 10.5 Å². The average molecular weight is 516 g/mol. The van der Waals surface area contributed by atoms with Gasteiger partial charge in [0, 0.05) is 5.69 Å². The van der Waals surface area contributed by atoms with Crippen molar-refractivity contribution < 1.29 is 29.0 Å². The Balaban J connectivity index is 1.36. The molecule has 3 amide bonds. The molecule has 1 heterocycles. The number of ether oxygens (including phenoxy) is 1. The number of nitrogens with one attached hydrogen (secondary N) is 2. The number of esters is 1. The van der Waals surface area contributed by atoms with Crippen LogP contribution >= 0.6 is 0 Å². The third-order valence-electron chi connectivity index (χ3n) is 6.63. The molecule has 3 aromatic carbocycles. The van der Waals surface area contributed by atoms with E-state index in [9.17, 15) is 24.3 Å². The van der Waals surface area contributed by atoms with Crippen molar-refractivity contribution in [2.75, 3.05) is 11.9 Å². The molecule has 4 rings (SSSR count). The number of carboxylic acids is 1. The molecule has 0 spiro atoms. The van der Waals surface area contributed by atoms with Gasteiger partial charge in [-0.3, -0.25) is 4.79 Å². The van der Waals surface area contributed by atoms with E-state index in [1.165, 1.54) is 17.9 Å². The van der Waals surface area contributed by atoms with Crippen LogP contribution in [0.1, 0.15) is 47.3 Å². The maximum atomic E-state index is 13.2. The van der Waals surface area contributed by atoms with Gasteiger partial charge in [0.15, 0.2) is 0 Å². The molecule has 3 aromatic rings. The fourth-order valence-corrected chi connectivity index (χ4v) is 4.61. The Hall–Kier alpha value is -4.66. The first-order valence-corrected chi connectivity index (χ1v) is 12.2. The minimum absolute atomic E-state index is 0.121. The summed E-state index contributed by atoms with van der Waals surface area (Å²) in [5.74, 6) is -2.14. The molecule has 3 N–H and O–H groups in total. The van der Waals surface area contributed by atoms with Crippen molar-refractivity contribution >= 4 is 29.6 Å². The molecule has 9 nitrogen and oxygen atoms in total. The van der Waals surface area contributed by atoms with E-state index in [0.29, 0.717) is 18.5 Å². The Morgan fingerprint density at radius 1 is 0.974 bits per heavy atom. The quantitative estimate of drug-likeness (QED) is 0.383. The van der Waals surface area contributed by atoms with Gasteiger partial charge < -0.3 is 25.4 Å². The van der Waals surface area contributed by atoms with Gasteiger partial charge in [0.25, 0.3) is 0 Å². The Morgan fingerprint density at radius 2 is 1.66 bits per heavy atom. The summed E-state index contributed by atoms with van der Waals surface area (Å²) in [4.78, 5) is 51.6. The van der Waals surface area contributed by atoms with Crippen LogP contribution < -0.4 is 10.6 Å². The van der Waals surface area contributed by atoms with Crippen LogP contribution in [0.25, 0.3) is 0 Å². The molecule has 2 atom stereocenters. The molecule has 1 saturated heterocycles. The number of anilines is 1. The van der Waals surface area contributed by atoms with E-state index in [1.807, 2.05) is 60.7 Å². The molecular weight excluding hydrogens is 486 g/mol. The summed E-state index contributed by atoms with van der Waals surface area (Å²) >= 11 is 0. The van der Waals surface area contributed by atoms with Crippen molar-refractivity contribution in [3.05, 3.63) is 102 Å². The number of carboxylic acid groups (broad SMARTS) is 1.